The Labute approximate surface area is 84.3 Å². The first-order valence-corrected chi connectivity index (χ1v) is 4.46. The number of carbonyl (C=O) groups is 1. The predicted molar refractivity (Wildman–Crippen MR) is 52.4 cm³/mol. The summed E-state index contributed by atoms with van der Waals surface area (Å²) in [4.78, 5) is 12.2. The van der Waals surface area contributed by atoms with Crippen LogP contribution in [0.15, 0.2) is 0 Å². The molecule has 0 fully saturated rings. The minimum Gasteiger partial charge on any atom is -0.465 e. The van der Waals surface area contributed by atoms with Crippen LogP contribution in [0.5, 0.6) is 0 Å². The number of aliphatic hydroxyl groups excluding tert-OH is 1. The topological polar surface area (TPSA) is 70.0 Å². The van der Waals surface area contributed by atoms with Gasteiger partial charge in [-0.05, 0) is 20.8 Å². The maximum absolute atomic E-state index is 11.0. The fraction of sp³-hybridized carbons (Fsp3) is 0.889. The second kappa shape index (κ2) is 5.17. The average Bonchev–Trinajstić information content (AvgIpc) is 2.00. The number of rotatable bonds is 4. The Morgan fingerprint density at radius 2 is 2.00 bits per heavy atom. The van der Waals surface area contributed by atoms with Crippen molar-refractivity contribution >= 4 is 6.09 Å². The quantitative estimate of drug-likeness (QED) is 0.711. The van der Waals surface area contributed by atoms with Gasteiger partial charge in [0.25, 0.3) is 0 Å². The van der Waals surface area contributed by atoms with Crippen LogP contribution < -0.4 is 0 Å². The van der Waals surface area contributed by atoms with Gasteiger partial charge >= 0.3 is 6.09 Å². The summed E-state index contributed by atoms with van der Waals surface area (Å²) in [6.07, 6.45) is -1.05. The van der Waals surface area contributed by atoms with Gasteiger partial charge in [-0.1, -0.05) is 0 Å². The number of methoxy groups -OCH3 is 1. The number of hydrogen-bond donors (Lipinski definition) is 2. The van der Waals surface area contributed by atoms with Gasteiger partial charge in [0.2, 0.25) is 0 Å². The number of carboxylic acid groups (broad SMARTS) is 1. The molecule has 0 aromatic carbocycles. The molecular weight excluding hydrogens is 186 g/mol. The van der Waals surface area contributed by atoms with Gasteiger partial charge in [-0.3, -0.25) is 4.90 Å². The molecule has 0 aliphatic rings. The maximum Gasteiger partial charge on any atom is 0.408 e. The maximum atomic E-state index is 11.0. The standard InChI is InChI=1S/C9H19NO4/c1-9(2,3)10(8(12)13)7(5-11)6-14-4/h7,11H,5-6H2,1-4H3,(H,12,13)/t7-/m0/s1. The fourth-order valence-corrected chi connectivity index (χ4v) is 1.39. The second-order valence-corrected chi connectivity index (χ2v) is 4.12. The second-order valence-electron chi connectivity index (χ2n) is 4.12. The van der Waals surface area contributed by atoms with Crippen molar-refractivity contribution in [2.45, 2.75) is 32.4 Å². The van der Waals surface area contributed by atoms with Crippen LogP contribution in [0.4, 0.5) is 4.79 Å². The minimum atomic E-state index is -1.05. The van der Waals surface area contributed by atoms with Gasteiger partial charge in [-0.2, -0.15) is 0 Å². The summed E-state index contributed by atoms with van der Waals surface area (Å²) in [5.74, 6) is 0. The molecule has 2 N–H and O–H groups in total. The van der Waals surface area contributed by atoms with E-state index in [0.29, 0.717) is 0 Å². The lowest BCUT2D eigenvalue weighted by molar-refractivity contribution is 0.0111. The Balaban J connectivity index is 4.70. The lowest BCUT2D eigenvalue weighted by Crippen LogP contribution is -2.54. The smallest absolute Gasteiger partial charge is 0.408 e. The van der Waals surface area contributed by atoms with E-state index in [1.54, 1.807) is 20.8 Å². The number of amides is 1. The molecule has 1 amide bonds. The number of ether oxygens (including phenoxy) is 1. The summed E-state index contributed by atoms with van der Waals surface area (Å²) in [5.41, 5.74) is -0.544. The van der Waals surface area contributed by atoms with Crippen LogP contribution in [0.1, 0.15) is 20.8 Å². The van der Waals surface area contributed by atoms with Gasteiger partial charge in [0.15, 0.2) is 0 Å². The van der Waals surface area contributed by atoms with Crippen molar-refractivity contribution in [2.24, 2.45) is 0 Å². The van der Waals surface area contributed by atoms with Gasteiger partial charge < -0.3 is 14.9 Å². The molecule has 0 aromatic heterocycles. The monoisotopic (exact) mass is 205 g/mol. The highest BCUT2D eigenvalue weighted by molar-refractivity contribution is 5.66. The molecule has 0 unspecified atom stereocenters. The van der Waals surface area contributed by atoms with Crippen molar-refractivity contribution < 1.29 is 19.7 Å². The lowest BCUT2D eigenvalue weighted by Gasteiger charge is -2.38. The summed E-state index contributed by atoms with van der Waals surface area (Å²) in [6, 6.07) is -0.516. The third kappa shape index (κ3) is 3.51. The Bertz CT molecular complexity index is 188. The molecular formula is C9H19NO4. The third-order valence-corrected chi connectivity index (χ3v) is 1.86. The van der Waals surface area contributed by atoms with Crippen LogP contribution >= 0.6 is 0 Å². The van der Waals surface area contributed by atoms with Crippen molar-refractivity contribution in [3.63, 3.8) is 0 Å². The van der Waals surface area contributed by atoms with Crippen LogP contribution in [-0.4, -0.2) is 53.1 Å². The van der Waals surface area contributed by atoms with Crippen LogP contribution in [-0.2, 0) is 4.74 Å². The SMILES string of the molecule is COC[C@H](CO)N(C(=O)O)C(C)(C)C. The van der Waals surface area contributed by atoms with Gasteiger partial charge in [0.1, 0.15) is 0 Å². The van der Waals surface area contributed by atoms with E-state index in [-0.39, 0.29) is 13.2 Å². The van der Waals surface area contributed by atoms with Crippen molar-refractivity contribution in [1.29, 1.82) is 0 Å². The normalized spacial score (nSPS) is 13.8. The zero-order valence-corrected chi connectivity index (χ0v) is 9.15. The highest BCUT2D eigenvalue weighted by atomic mass is 16.5. The minimum absolute atomic E-state index is 0.195. The zero-order valence-electron chi connectivity index (χ0n) is 9.15. The Morgan fingerprint density at radius 1 is 1.50 bits per heavy atom. The van der Waals surface area contributed by atoms with Crippen LogP contribution in [0.25, 0.3) is 0 Å². The van der Waals surface area contributed by atoms with E-state index >= 15 is 0 Å². The summed E-state index contributed by atoms with van der Waals surface area (Å²) in [7, 11) is 1.48. The molecule has 0 saturated carbocycles. The number of hydrogen-bond acceptors (Lipinski definition) is 3. The van der Waals surface area contributed by atoms with E-state index < -0.39 is 17.7 Å². The highest BCUT2D eigenvalue weighted by Gasteiger charge is 2.32. The number of nitrogens with zero attached hydrogens (tertiary/aromatic N) is 1. The molecule has 84 valence electrons. The first-order valence-electron chi connectivity index (χ1n) is 4.46. The zero-order chi connectivity index (χ0) is 11.4. The van der Waals surface area contributed by atoms with E-state index in [9.17, 15) is 4.79 Å². The van der Waals surface area contributed by atoms with E-state index in [2.05, 4.69) is 0 Å². The average molecular weight is 205 g/mol. The molecule has 0 bridgehead atoms. The fourth-order valence-electron chi connectivity index (χ4n) is 1.39. The predicted octanol–water partition coefficient (Wildman–Crippen LogP) is 0.772. The van der Waals surface area contributed by atoms with Gasteiger partial charge in [-0.25, -0.2) is 4.79 Å². The molecule has 0 heterocycles. The van der Waals surface area contributed by atoms with Crippen LogP contribution in [0.3, 0.4) is 0 Å². The van der Waals surface area contributed by atoms with Gasteiger partial charge in [-0.15, -0.1) is 0 Å². The van der Waals surface area contributed by atoms with Crippen molar-refractivity contribution in [2.75, 3.05) is 20.3 Å². The van der Waals surface area contributed by atoms with E-state index in [0.717, 1.165) is 0 Å². The van der Waals surface area contributed by atoms with E-state index in [1.165, 1.54) is 12.0 Å². The summed E-state index contributed by atoms with van der Waals surface area (Å²) >= 11 is 0. The molecule has 0 aromatic rings. The van der Waals surface area contributed by atoms with Crippen molar-refractivity contribution in [3.8, 4) is 0 Å². The largest absolute Gasteiger partial charge is 0.465 e. The Morgan fingerprint density at radius 3 is 2.21 bits per heavy atom. The Kier molecular flexibility index (Phi) is 4.87. The highest BCUT2D eigenvalue weighted by Crippen LogP contribution is 2.17. The van der Waals surface area contributed by atoms with E-state index in [4.69, 9.17) is 14.9 Å². The van der Waals surface area contributed by atoms with Gasteiger partial charge in [0.05, 0.1) is 19.3 Å². The number of aliphatic hydroxyl groups is 1. The van der Waals surface area contributed by atoms with E-state index in [1.807, 2.05) is 0 Å². The molecule has 0 saturated heterocycles. The molecule has 5 heteroatoms. The molecule has 14 heavy (non-hydrogen) atoms. The Hall–Kier alpha value is -0.810. The molecule has 0 spiro atoms. The lowest BCUT2D eigenvalue weighted by atomic mass is 10.0. The molecule has 0 aliphatic heterocycles. The molecule has 5 nitrogen and oxygen atoms in total. The van der Waals surface area contributed by atoms with Crippen LogP contribution in [0.2, 0.25) is 0 Å². The van der Waals surface area contributed by atoms with Crippen molar-refractivity contribution in [1.82, 2.24) is 4.90 Å². The summed E-state index contributed by atoms with van der Waals surface area (Å²) in [6.45, 7) is 5.29. The summed E-state index contributed by atoms with van der Waals surface area (Å²) < 4.78 is 4.86. The van der Waals surface area contributed by atoms with Gasteiger partial charge in [0, 0.05) is 12.6 Å². The molecule has 0 aliphatic carbocycles. The molecule has 1 atom stereocenters. The molecule has 0 radical (unpaired) electrons. The third-order valence-electron chi connectivity index (χ3n) is 1.86. The first-order chi connectivity index (χ1) is 6.34. The summed E-state index contributed by atoms with van der Waals surface area (Å²) in [5, 5.41) is 18.1. The van der Waals surface area contributed by atoms with Crippen molar-refractivity contribution in [3.05, 3.63) is 0 Å². The molecule has 0 rings (SSSR count). The van der Waals surface area contributed by atoms with Crippen LogP contribution in [0, 0.1) is 0 Å². The first kappa shape index (κ1) is 13.2.